The molecule has 1 fully saturated rings. The topological polar surface area (TPSA) is 30.5 Å². The molecule has 2 rings (SSSR count). The van der Waals surface area contributed by atoms with E-state index in [1.54, 1.807) is 0 Å². The van der Waals surface area contributed by atoms with Crippen molar-refractivity contribution >= 4 is 0 Å². The minimum atomic E-state index is 0.180. The average Bonchev–Trinajstić information content (AvgIpc) is 2.38. The van der Waals surface area contributed by atoms with Crippen LogP contribution in [0.5, 0.6) is 5.75 Å². The van der Waals surface area contributed by atoms with E-state index in [1.165, 1.54) is 5.56 Å². The Morgan fingerprint density at radius 1 is 1.38 bits per heavy atom. The number of aryl methyl sites for hydroxylation is 1. The average molecular weight is 221 g/mol. The number of rotatable bonds is 4. The summed E-state index contributed by atoms with van der Waals surface area (Å²) in [6.45, 7) is 5.38. The van der Waals surface area contributed by atoms with E-state index in [1.807, 2.05) is 12.1 Å². The van der Waals surface area contributed by atoms with Crippen molar-refractivity contribution < 1.29 is 9.47 Å². The molecule has 1 aliphatic heterocycles. The first-order valence-corrected chi connectivity index (χ1v) is 5.92. The molecule has 3 nitrogen and oxygen atoms in total. The van der Waals surface area contributed by atoms with Crippen molar-refractivity contribution in [2.75, 3.05) is 26.3 Å². The largest absolute Gasteiger partial charge is 0.491 e. The van der Waals surface area contributed by atoms with E-state index in [0.29, 0.717) is 6.61 Å². The van der Waals surface area contributed by atoms with Gasteiger partial charge in [-0.15, -0.1) is 0 Å². The lowest BCUT2D eigenvalue weighted by Crippen LogP contribution is -2.41. The molecule has 1 atom stereocenters. The summed E-state index contributed by atoms with van der Waals surface area (Å²) < 4.78 is 11.2. The van der Waals surface area contributed by atoms with Gasteiger partial charge in [0.25, 0.3) is 0 Å². The molecule has 1 N–H and O–H groups in total. The predicted octanol–water partition coefficient (Wildman–Crippen LogP) is 1.62. The first-order valence-electron chi connectivity index (χ1n) is 5.92. The minimum absolute atomic E-state index is 0.180. The van der Waals surface area contributed by atoms with Crippen molar-refractivity contribution in [2.24, 2.45) is 0 Å². The summed E-state index contributed by atoms with van der Waals surface area (Å²) in [5.74, 6) is 0.923. The van der Waals surface area contributed by atoms with E-state index in [0.717, 1.165) is 31.9 Å². The van der Waals surface area contributed by atoms with E-state index < -0.39 is 0 Å². The Kier molecular flexibility index (Phi) is 4.19. The predicted molar refractivity (Wildman–Crippen MR) is 63.9 cm³/mol. The highest BCUT2D eigenvalue weighted by atomic mass is 16.5. The van der Waals surface area contributed by atoms with Crippen LogP contribution in [-0.2, 0) is 11.2 Å². The van der Waals surface area contributed by atoms with E-state index in [-0.39, 0.29) is 6.10 Å². The molecule has 0 aliphatic carbocycles. The SMILES string of the molecule is CCc1ccc(OCC2CNCCO2)cc1. The first kappa shape index (κ1) is 11.4. The molecule has 1 aliphatic rings. The number of nitrogens with one attached hydrogen (secondary N) is 1. The zero-order valence-electron chi connectivity index (χ0n) is 9.74. The van der Waals surface area contributed by atoms with Crippen molar-refractivity contribution in [2.45, 2.75) is 19.4 Å². The summed E-state index contributed by atoms with van der Waals surface area (Å²) in [4.78, 5) is 0. The third-order valence-electron chi connectivity index (χ3n) is 2.77. The molecular weight excluding hydrogens is 202 g/mol. The van der Waals surface area contributed by atoms with Crippen LogP contribution in [-0.4, -0.2) is 32.4 Å². The monoisotopic (exact) mass is 221 g/mol. The number of morpholine rings is 1. The second kappa shape index (κ2) is 5.87. The van der Waals surface area contributed by atoms with Crippen molar-refractivity contribution in [3.05, 3.63) is 29.8 Å². The minimum Gasteiger partial charge on any atom is -0.491 e. The molecule has 16 heavy (non-hydrogen) atoms. The smallest absolute Gasteiger partial charge is 0.119 e. The Morgan fingerprint density at radius 3 is 2.81 bits per heavy atom. The summed E-state index contributed by atoms with van der Waals surface area (Å²) >= 11 is 0. The van der Waals surface area contributed by atoms with Gasteiger partial charge in [0, 0.05) is 13.1 Å². The van der Waals surface area contributed by atoms with Crippen LogP contribution < -0.4 is 10.1 Å². The summed E-state index contributed by atoms with van der Waals surface area (Å²) in [5.41, 5.74) is 1.34. The van der Waals surface area contributed by atoms with Crippen LogP contribution >= 0.6 is 0 Å². The molecular formula is C13H19NO2. The Bertz CT molecular complexity index is 304. The van der Waals surface area contributed by atoms with Crippen LogP contribution in [0.2, 0.25) is 0 Å². The van der Waals surface area contributed by atoms with Crippen LogP contribution in [0.25, 0.3) is 0 Å². The second-order valence-electron chi connectivity index (χ2n) is 4.01. The number of benzene rings is 1. The van der Waals surface area contributed by atoms with E-state index in [2.05, 4.69) is 24.4 Å². The van der Waals surface area contributed by atoms with Crippen molar-refractivity contribution in [3.8, 4) is 5.75 Å². The Labute approximate surface area is 96.8 Å². The fourth-order valence-electron chi connectivity index (χ4n) is 1.74. The fourth-order valence-corrected chi connectivity index (χ4v) is 1.74. The van der Waals surface area contributed by atoms with E-state index in [9.17, 15) is 0 Å². The summed E-state index contributed by atoms with van der Waals surface area (Å²) in [6.07, 6.45) is 1.25. The van der Waals surface area contributed by atoms with Crippen LogP contribution in [0.15, 0.2) is 24.3 Å². The highest BCUT2D eigenvalue weighted by Crippen LogP contribution is 2.13. The van der Waals surface area contributed by atoms with Crippen LogP contribution in [0.1, 0.15) is 12.5 Å². The third kappa shape index (κ3) is 3.22. The zero-order chi connectivity index (χ0) is 11.2. The maximum absolute atomic E-state index is 5.68. The number of hydrogen-bond donors (Lipinski definition) is 1. The lowest BCUT2D eigenvalue weighted by Gasteiger charge is -2.23. The van der Waals surface area contributed by atoms with Gasteiger partial charge in [-0.2, -0.15) is 0 Å². The summed E-state index contributed by atoms with van der Waals surface area (Å²) in [6, 6.07) is 8.26. The van der Waals surface area contributed by atoms with Gasteiger partial charge in [-0.1, -0.05) is 19.1 Å². The van der Waals surface area contributed by atoms with Gasteiger partial charge >= 0.3 is 0 Å². The molecule has 1 aromatic carbocycles. The summed E-state index contributed by atoms with van der Waals surface area (Å²) in [5, 5.41) is 3.28. The number of hydrogen-bond acceptors (Lipinski definition) is 3. The fraction of sp³-hybridized carbons (Fsp3) is 0.538. The molecule has 0 saturated carbocycles. The Morgan fingerprint density at radius 2 is 2.19 bits per heavy atom. The summed E-state index contributed by atoms with van der Waals surface area (Å²) in [7, 11) is 0. The molecule has 0 amide bonds. The highest BCUT2D eigenvalue weighted by molar-refractivity contribution is 5.27. The van der Waals surface area contributed by atoms with Gasteiger partial charge in [-0.3, -0.25) is 0 Å². The van der Waals surface area contributed by atoms with Crippen molar-refractivity contribution in [1.82, 2.24) is 5.32 Å². The quantitative estimate of drug-likeness (QED) is 0.838. The van der Waals surface area contributed by atoms with Gasteiger partial charge in [0.05, 0.1) is 6.61 Å². The van der Waals surface area contributed by atoms with Gasteiger partial charge in [0.2, 0.25) is 0 Å². The lowest BCUT2D eigenvalue weighted by atomic mass is 10.2. The molecule has 1 unspecified atom stereocenters. The van der Waals surface area contributed by atoms with Gasteiger partial charge in [0.1, 0.15) is 18.5 Å². The normalized spacial score (nSPS) is 20.7. The van der Waals surface area contributed by atoms with Gasteiger partial charge in [0.15, 0.2) is 0 Å². The lowest BCUT2D eigenvalue weighted by molar-refractivity contribution is 0.000193. The third-order valence-corrected chi connectivity index (χ3v) is 2.77. The van der Waals surface area contributed by atoms with Crippen LogP contribution in [0.3, 0.4) is 0 Å². The van der Waals surface area contributed by atoms with Crippen LogP contribution in [0, 0.1) is 0 Å². The van der Waals surface area contributed by atoms with Gasteiger partial charge in [-0.05, 0) is 24.1 Å². The van der Waals surface area contributed by atoms with Gasteiger partial charge < -0.3 is 14.8 Å². The van der Waals surface area contributed by atoms with E-state index >= 15 is 0 Å². The van der Waals surface area contributed by atoms with Gasteiger partial charge in [-0.25, -0.2) is 0 Å². The standard InChI is InChI=1S/C13H19NO2/c1-2-11-3-5-12(6-4-11)16-10-13-9-14-7-8-15-13/h3-6,13-14H,2,7-10H2,1H3. The van der Waals surface area contributed by atoms with Crippen molar-refractivity contribution in [3.63, 3.8) is 0 Å². The molecule has 0 spiro atoms. The maximum Gasteiger partial charge on any atom is 0.119 e. The molecule has 3 heteroatoms. The molecule has 88 valence electrons. The second-order valence-corrected chi connectivity index (χ2v) is 4.01. The molecule has 0 bridgehead atoms. The van der Waals surface area contributed by atoms with Crippen LogP contribution in [0.4, 0.5) is 0 Å². The van der Waals surface area contributed by atoms with E-state index in [4.69, 9.17) is 9.47 Å². The Balaban J connectivity index is 1.79. The molecule has 1 heterocycles. The zero-order valence-corrected chi connectivity index (χ0v) is 9.74. The number of ether oxygens (including phenoxy) is 2. The molecule has 0 aromatic heterocycles. The Hall–Kier alpha value is -1.06. The maximum atomic E-state index is 5.68. The highest BCUT2D eigenvalue weighted by Gasteiger charge is 2.13. The molecule has 0 radical (unpaired) electrons. The molecule has 1 saturated heterocycles. The molecule has 1 aromatic rings. The van der Waals surface area contributed by atoms with Crippen molar-refractivity contribution in [1.29, 1.82) is 0 Å². The first-order chi connectivity index (χ1) is 7.88.